The molecule has 0 atom stereocenters. The summed E-state index contributed by atoms with van der Waals surface area (Å²) in [6.07, 6.45) is 7.01. The van der Waals surface area contributed by atoms with Crippen LogP contribution in [-0.4, -0.2) is 47.2 Å². The molecule has 1 aromatic heterocycles. The largest absolute Gasteiger partial charge is 0.351 e. The molecular formula is C16H22N4O. The highest BCUT2D eigenvalue weighted by atomic mass is 16.1. The van der Waals surface area contributed by atoms with Crippen molar-refractivity contribution >= 4 is 16.8 Å². The molecule has 0 unspecified atom stereocenters. The van der Waals surface area contributed by atoms with Crippen LogP contribution in [0.2, 0.25) is 0 Å². The Labute approximate surface area is 124 Å². The van der Waals surface area contributed by atoms with E-state index < -0.39 is 0 Å². The Hall–Kier alpha value is -1.88. The highest BCUT2D eigenvalue weighted by molar-refractivity contribution is 5.97. The first-order valence-electron chi connectivity index (χ1n) is 7.76. The maximum absolute atomic E-state index is 12.2. The summed E-state index contributed by atoms with van der Waals surface area (Å²) in [6.45, 7) is 3.98. The molecule has 2 N–H and O–H groups in total. The first kappa shape index (κ1) is 14.1. The van der Waals surface area contributed by atoms with Gasteiger partial charge in [-0.25, -0.2) is 0 Å². The Morgan fingerprint density at radius 3 is 2.86 bits per heavy atom. The first-order valence-corrected chi connectivity index (χ1v) is 7.76. The number of nitrogens with zero attached hydrogens (tertiary/aromatic N) is 2. The number of H-pyrrole nitrogens is 1. The fraction of sp³-hybridized carbons (Fsp3) is 0.500. The number of aromatic nitrogens is 2. The van der Waals surface area contributed by atoms with Crippen molar-refractivity contribution in [3.05, 3.63) is 30.0 Å². The number of carbonyl (C=O) groups excluding carboxylic acids is 1. The molecule has 0 aliphatic carbocycles. The van der Waals surface area contributed by atoms with Crippen molar-refractivity contribution in [1.82, 2.24) is 20.4 Å². The fourth-order valence-electron chi connectivity index (χ4n) is 2.87. The fourth-order valence-corrected chi connectivity index (χ4v) is 2.87. The van der Waals surface area contributed by atoms with Crippen LogP contribution in [0.25, 0.3) is 10.9 Å². The zero-order valence-corrected chi connectivity index (χ0v) is 12.3. The molecule has 3 rings (SSSR count). The Morgan fingerprint density at radius 2 is 2.05 bits per heavy atom. The topological polar surface area (TPSA) is 61.0 Å². The maximum atomic E-state index is 12.2. The number of likely N-dealkylation sites (tertiary alicyclic amines) is 1. The molecule has 2 heterocycles. The van der Waals surface area contributed by atoms with Gasteiger partial charge in [0.2, 0.25) is 0 Å². The second-order valence-electron chi connectivity index (χ2n) is 5.68. The third-order valence-corrected chi connectivity index (χ3v) is 4.12. The van der Waals surface area contributed by atoms with Crippen LogP contribution >= 0.6 is 0 Å². The van der Waals surface area contributed by atoms with Gasteiger partial charge in [0.25, 0.3) is 5.91 Å². The lowest BCUT2D eigenvalue weighted by Crippen LogP contribution is -2.35. The highest BCUT2D eigenvalue weighted by Gasteiger charge is 2.10. The van der Waals surface area contributed by atoms with Crippen LogP contribution in [0, 0.1) is 0 Å². The van der Waals surface area contributed by atoms with E-state index >= 15 is 0 Å². The van der Waals surface area contributed by atoms with Crippen molar-refractivity contribution in [1.29, 1.82) is 0 Å². The Kier molecular flexibility index (Phi) is 4.50. The van der Waals surface area contributed by atoms with E-state index in [0.717, 1.165) is 30.5 Å². The molecule has 1 saturated heterocycles. The number of rotatable bonds is 4. The minimum atomic E-state index is -0.0127. The van der Waals surface area contributed by atoms with Crippen LogP contribution in [0.1, 0.15) is 36.0 Å². The van der Waals surface area contributed by atoms with Crippen molar-refractivity contribution in [2.45, 2.75) is 25.7 Å². The minimum Gasteiger partial charge on any atom is -0.351 e. The third-order valence-electron chi connectivity index (χ3n) is 4.12. The number of aromatic amines is 1. The summed E-state index contributed by atoms with van der Waals surface area (Å²) in [5, 5.41) is 10.9. The molecule has 5 nitrogen and oxygen atoms in total. The molecule has 21 heavy (non-hydrogen) atoms. The molecule has 5 heteroatoms. The number of hydrogen-bond donors (Lipinski definition) is 2. The number of nitrogens with one attached hydrogen (secondary N) is 2. The molecule has 0 radical (unpaired) electrons. The lowest BCUT2D eigenvalue weighted by Gasteiger charge is -2.19. The van der Waals surface area contributed by atoms with Gasteiger partial charge in [-0.05, 0) is 38.1 Å². The van der Waals surface area contributed by atoms with Gasteiger partial charge in [-0.15, -0.1) is 0 Å². The van der Waals surface area contributed by atoms with Gasteiger partial charge in [-0.1, -0.05) is 18.9 Å². The molecule has 2 aromatic rings. The smallest absolute Gasteiger partial charge is 0.251 e. The second-order valence-corrected chi connectivity index (χ2v) is 5.68. The summed E-state index contributed by atoms with van der Waals surface area (Å²) in [4.78, 5) is 14.6. The van der Waals surface area contributed by atoms with Gasteiger partial charge in [0.05, 0.1) is 11.7 Å². The van der Waals surface area contributed by atoms with Crippen molar-refractivity contribution in [2.24, 2.45) is 0 Å². The normalized spacial score (nSPS) is 16.8. The first-order chi connectivity index (χ1) is 10.3. The van der Waals surface area contributed by atoms with Gasteiger partial charge in [0.1, 0.15) is 0 Å². The number of fused-ring (bicyclic) bond motifs is 1. The average Bonchev–Trinajstić information content (AvgIpc) is 2.82. The van der Waals surface area contributed by atoms with E-state index in [1.54, 1.807) is 6.20 Å². The third kappa shape index (κ3) is 3.61. The monoisotopic (exact) mass is 286 g/mol. The number of carbonyl (C=O) groups is 1. The molecule has 0 saturated carbocycles. The van der Waals surface area contributed by atoms with E-state index in [1.807, 2.05) is 18.2 Å². The van der Waals surface area contributed by atoms with Crippen LogP contribution < -0.4 is 5.32 Å². The number of amides is 1. The van der Waals surface area contributed by atoms with Crippen molar-refractivity contribution in [3.8, 4) is 0 Å². The van der Waals surface area contributed by atoms with E-state index in [0.29, 0.717) is 12.1 Å². The van der Waals surface area contributed by atoms with Gasteiger partial charge >= 0.3 is 0 Å². The molecule has 0 bridgehead atoms. The molecule has 112 valence electrons. The van der Waals surface area contributed by atoms with Crippen LogP contribution in [0.4, 0.5) is 0 Å². The lowest BCUT2D eigenvalue weighted by atomic mass is 10.1. The van der Waals surface area contributed by atoms with E-state index in [-0.39, 0.29) is 5.91 Å². The summed E-state index contributed by atoms with van der Waals surface area (Å²) in [5.74, 6) is -0.0127. The summed E-state index contributed by atoms with van der Waals surface area (Å²) < 4.78 is 0. The summed E-state index contributed by atoms with van der Waals surface area (Å²) in [6, 6.07) is 5.62. The van der Waals surface area contributed by atoms with Crippen LogP contribution in [0.15, 0.2) is 24.4 Å². The van der Waals surface area contributed by atoms with Crippen LogP contribution in [-0.2, 0) is 0 Å². The molecule has 1 fully saturated rings. The summed E-state index contributed by atoms with van der Waals surface area (Å²) in [5.41, 5.74) is 1.58. The molecule has 1 aliphatic rings. The molecular weight excluding hydrogens is 264 g/mol. The van der Waals surface area contributed by atoms with Crippen molar-refractivity contribution in [3.63, 3.8) is 0 Å². The van der Waals surface area contributed by atoms with Gasteiger partial charge < -0.3 is 10.2 Å². The van der Waals surface area contributed by atoms with E-state index in [4.69, 9.17) is 0 Å². The molecule has 1 amide bonds. The Bertz CT molecular complexity index is 599. The summed E-state index contributed by atoms with van der Waals surface area (Å²) >= 11 is 0. The Balaban J connectivity index is 1.51. The zero-order chi connectivity index (χ0) is 14.5. The van der Waals surface area contributed by atoms with Gasteiger partial charge in [-0.3, -0.25) is 9.89 Å². The highest BCUT2D eigenvalue weighted by Crippen LogP contribution is 2.12. The quantitative estimate of drug-likeness (QED) is 0.905. The van der Waals surface area contributed by atoms with E-state index in [9.17, 15) is 4.79 Å². The number of hydrogen-bond acceptors (Lipinski definition) is 3. The molecule has 0 spiro atoms. The predicted octanol–water partition coefficient (Wildman–Crippen LogP) is 2.17. The van der Waals surface area contributed by atoms with Crippen molar-refractivity contribution < 1.29 is 4.79 Å². The maximum Gasteiger partial charge on any atom is 0.251 e. The lowest BCUT2D eigenvalue weighted by molar-refractivity contribution is 0.0948. The second kappa shape index (κ2) is 6.72. The number of benzene rings is 1. The standard InChI is InChI=1S/C16H22N4O/c21-16(13-5-6-14-12-18-19-15(14)11-13)17-7-10-20-8-3-1-2-4-9-20/h5-6,11-12H,1-4,7-10H2,(H,17,21)(H,18,19). The summed E-state index contributed by atoms with van der Waals surface area (Å²) in [7, 11) is 0. The SMILES string of the molecule is O=C(NCCN1CCCCCC1)c1ccc2cn[nH]c2c1. The van der Waals surface area contributed by atoms with Crippen LogP contribution in [0.5, 0.6) is 0 Å². The Morgan fingerprint density at radius 1 is 1.24 bits per heavy atom. The van der Waals surface area contributed by atoms with Crippen LogP contribution in [0.3, 0.4) is 0 Å². The zero-order valence-electron chi connectivity index (χ0n) is 12.3. The average molecular weight is 286 g/mol. The van der Waals surface area contributed by atoms with E-state index in [2.05, 4.69) is 20.4 Å². The van der Waals surface area contributed by atoms with Gasteiger partial charge in [0, 0.05) is 24.0 Å². The van der Waals surface area contributed by atoms with E-state index in [1.165, 1.54) is 25.7 Å². The molecule has 1 aliphatic heterocycles. The van der Waals surface area contributed by atoms with Crippen molar-refractivity contribution in [2.75, 3.05) is 26.2 Å². The minimum absolute atomic E-state index is 0.0127. The van der Waals surface area contributed by atoms with Gasteiger partial charge in [-0.2, -0.15) is 5.10 Å². The van der Waals surface area contributed by atoms with Gasteiger partial charge in [0.15, 0.2) is 0 Å². The predicted molar refractivity (Wildman–Crippen MR) is 83.3 cm³/mol. The molecule has 1 aromatic carbocycles.